The number of amides is 1. The van der Waals surface area contributed by atoms with Gasteiger partial charge in [0.05, 0.1) is 10.8 Å². The van der Waals surface area contributed by atoms with Crippen molar-refractivity contribution >= 4 is 17.6 Å². The van der Waals surface area contributed by atoms with E-state index in [0.29, 0.717) is 18.7 Å². The molecule has 1 fully saturated rings. The Morgan fingerprint density at radius 2 is 1.90 bits per heavy atom. The van der Waals surface area contributed by atoms with E-state index in [-0.39, 0.29) is 17.5 Å². The monoisotopic (exact) mass is 278 g/mol. The normalized spacial score (nSPS) is 16.4. The summed E-state index contributed by atoms with van der Waals surface area (Å²) in [6.45, 7) is 2.44. The second-order valence-electron chi connectivity index (χ2n) is 4.90. The molecule has 1 aromatic carbocycles. The van der Waals surface area contributed by atoms with Crippen LogP contribution in [0.5, 0.6) is 0 Å². The molecule has 2 rings (SSSR count). The van der Waals surface area contributed by atoms with Crippen molar-refractivity contribution in [1.82, 2.24) is 4.90 Å². The predicted molar refractivity (Wildman–Crippen MR) is 69.3 cm³/mol. The summed E-state index contributed by atoms with van der Waals surface area (Å²) >= 11 is 0. The average Bonchev–Trinajstić information content (AvgIpc) is 2.36. The number of carbonyl (C=O) groups excluding carboxylic acids is 1. The van der Waals surface area contributed by atoms with Crippen LogP contribution in [-0.4, -0.2) is 39.9 Å². The molecule has 0 saturated carbocycles. The van der Waals surface area contributed by atoms with Crippen molar-refractivity contribution in [1.29, 1.82) is 0 Å². The van der Waals surface area contributed by atoms with Gasteiger partial charge in [-0.3, -0.25) is 19.7 Å². The zero-order valence-corrected chi connectivity index (χ0v) is 10.9. The number of carboxylic acids is 1. The maximum absolute atomic E-state index is 12.1. The number of hydrogen-bond donors (Lipinski definition) is 1. The smallest absolute Gasteiger partial charge is 0.306 e. The van der Waals surface area contributed by atoms with Crippen LogP contribution in [0.15, 0.2) is 24.3 Å². The molecule has 1 heterocycles. The van der Waals surface area contributed by atoms with Gasteiger partial charge in [-0.25, -0.2) is 0 Å². The van der Waals surface area contributed by atoms with Crippen molar-refractivity contribution in [3.05, 3.63) is 39.9 Å². The highest BCUT2D eigenvalue weighted by Gasteiger charge is 2.37. The first kappa shape index (κ1) is 14.0. The minimum atomic E-state index is -0.863. The van der Waals surface area contributed by atoms with Crippen molar-refractivity contribution < 1.29 is 19.6 Å². The fourth-order valence-corrected chi connectivity index (χ4v) is 2.10. The molecule has 1 unspecified atom stereocenters. The Morgan fingerprint density at radius 3 is 2.35 bits per heavy atom. The highest BCUT2D eigenvalue weighted by atomic mass is 16.6. The summed E-state index contributed by atoms with van der Waals surface area (Å²) in [6.07, 6.45) is 0. The third-order valence-corrected chi connectivity index (χ3v) is 3.62. The summed E-state index contributed by atoms with van der Waals surface area (Å²) in [4.78, 5) is 34.4. The van der Waals surface area contributed by atoms with Gasteiger partial charge in [0, 0.05) is 36.7 Å². The Balaban J connectivity index is 1.97. The number of likely N-dealkylation sites (tertiary alicyclic amines) is 1. The zero-order chi connectivity index (χ0) is 14.9. The molecule has 0 radical (unpaired) electrons. The number of nitro benzene ring substituents is 1. The molecular formula is C13H14N2O5. The van der Waals surface area contributed by atoms with Crippen molar-refractivity contribution in [2.45, 2.75) is 6.92 Å². The van der Waals surface area contributed by atoms with Gasteiger partial charge in [-0.15, -0.1) is 0 Å². The molecule has 0 aliphatic carbocycles. The van der Waals surface area contributed by atoms with E-state index in [9.17, 15) is 19.7 Å². The van der Waals surface area contributed by atoms with E-state index in [1.807, 2.05) is 0 Å². The Kier molecular flexibility index (Phi) is 3.69. The lowest BCUT2D eigenvalue weighted by atomic mass is 9.86. The van der Waals surface area contributed by atoms with Crippen LogP contribution in [0.4, 0.5) is 5.69 Å². The van der Waals surface area contributed by atoms with Crippen LogP contribution in [0.25, 0.3) is 0 Å². The van der Waals surface area contributed by atoms with Crippen molar-refractivity contribution in [2.75, 3.05) is 13.1 Å². The number of nitro groups is 1. The SMILES string of the molecule is CC(C(=O)O)C1CN(C(=O)c2ccc([N+](=O)[O-])cc2)C1. The predicted octanol–water partition coefficient (Wildman–Crippen LogP) is 1.39. The largest absolute Gasteiger partial charge is 0.481 e. The molecule has 1 aliphatic rings. The first-order chi connectivity index (χ1) is 9.40. The van der Waals surface area contributed by atoms with E-state index in [4.69, 9.17) is 5.11 Å². The lowest BCUT2D eigenvalue weighted by Crippen LogP contribution is -2.53. The van der Waals surface area contributed by atoms with E-state index in [1.165, 1.54) is 24.3 Å². The van der Waals surface area contributed by atoms with Gasteiger partial charge < -0.3 is 10.0 Å². The Morgan fingerprint density at radius 1 is 1.35 bits per heavy atom. The molecular weight excluding hydrogens is 264 g/mol. The molecule has 0 aromatic heterocycles. The zero-order valence-electron chi connectivity index (χ0n) is 10.9. The fourth-order valence-electron chi connectivity index (χ4n) is 2.10. The van der Waals surface area contributed by atoms with Crippen LogP contribution < -0.4 is 0 Å². The van der Waals surface area contributed by atoms with Crippen LogP contribution in [0.2, 0.25) is 0 Å². The Labute approximate surface area is 115 Å². The van der Waals surface area contributed by atoms with Crippen molar-refractivity contribution in [3.63, 3.8) is 0 Å². The number of carboxylic acid groups (broad SMARTS) is 1. The van der Waals surface area contributed by atoms with Crippen LogP contribution >= 0.6 is 0 Å². The molecule has 1 N–H and O–H groups in total. The van der Waals surface area contributed by atoms with Gasteiger partial charge in [0.2, 0.25) is 0 Å². The van der Waals surface area contributed by atoms with Gasteiger partial charge in [0.1, 0.15) is 0 Å². The maximum atomic E-state index is 12.1. The van der Waals surface area contributed by atoms with E-state index < -0.39 is 16.8 Å². The molecule has 20 heavy (non-hydrogen) atoms. The molecule has 7 nitrogen and oxygen atoms in total. The summed E-state index contributed by atoms with van der Waals surface area (Å²) in [5.41, 5.74) is 0.305. The number of non-ortho nitro benzene ring substituents is 1. The second kappa shape index (κ2) is 5.28. The molecule has 1 amide bonds. The standard InChI is InChI=1S/C13H14N2O5/c1-8(13(17)18)10-6-14(7-10)12(16)9-2-4-11(5-3-9)15(19)20/h2-5,8,10H,6-7H2,1H3,(H,17,18). The van der Waals surface area contributed by atoms with E-state index >= 15 is 0 Å². The van der Waals surface area contributed by atoms with Crippen molar-refractivity contribution in [3.8, 4) is 0 Å². The number of carbonyl (C=O) groups is 2. The molecule has 0 spiro atoms. The molecule has 1 aliphatic heterocycles. The van der Waals surface area contributed by atoms with E-state index in [0.717, 1.165) is 0 Å². The third-order valence-electron chi connectivity index (χ3n) is 3.62. The summed E-state index contributed by atoms with van der Waals surface area (Å²) in [7, 11) is 0. The minimum Gasteiger partial charge on any atom is -0.481 e. The maximum Gasteiger partial charge on any atom is 0.306 e. The summed E-state index contributed by atoms with van der Waals surface area (Å²) in [5.74, 6) is -1.60. The van der Waals surface area contributed by atoms with Gasteiger partial charge in [-0.1, -0.05) is 6.92 Å². The van der Waals surface area contributed by atoms with Crippen molar-refractivity contribution in [2.24, 2.45) is 11.8 Å². The van der Waals surface area contributed by atoms with Gasteiger partial charge >= 0.3 is 5.97 Å². The van der Waals surface area contributed by atoms with Gasteiger partial charge in [-0.2, -0.15) is 0 Å². The third kappa shape index (κ3) is 2.61. The van der Waals surface area contributed by atoms with Gasteiger partial charge in [0.25, 0.3) is 11.6 Å². The average molecular weight is 278 g/mol. The summed E-state index contributed by atoms with van der Waals surface area (Å²) in [6, 6.07) is 5.39. The fraction of sp³-hybridized carbons (Fsp3) is 0.385. The summed E-state index contributed by atoms with van der Waals surface area (Å²) in [5, 5.41) is 19.4. The van der Waals surface area contributed by atoms with Crippen LogP contribution in [0.1, 0.15) is 17.3 Å². The molecule has 1 aromatic rings. The first-order valence-electron chi connectivity index (χ1n) is 6.16. The Hall–Kier alpha value is -2.44. The summed E-state index contributed by atoms with van der Waals surface area (Å²) < 4.78 is 0. The molecule has 1 atom stereocenters. The quantitative estimate of drug-likeness (QED) is 0.662. The number of aliphatic carboxylic acids is 1. The number of hydrogen-bond acceptors (Lipinski definition) is 4. The number of rotatable bonds is 4. The molecule has 0 bridgehead atoms. The second-order valence-corrected chi connectivity index (χ2v) is 4.90. The lowest BCUT2D eigenvalue weighted by Gasteiger charge is -2.41. The molecule has 1 saturated heterocycles. The van der Waals surface area contributed by atoms with Crippen LogP contribution in [0.3, 0.4) is 0 Å². The highest BCUT2D eigenvalue weighted by Crippen LogP contribution is 2.26. The minimum absolute atomic E-state index is 0.0329. The Bertz CT molecular complexity index is 548. The molecule has 7 heteroatoms. The first-order valence-corrected chi connectivity index (χ1v) is 6.16. The number of nitrogens with zero attached hydrogens (tertiary/aromatic N) is 2. The lowest BCUT2D eigenvalue weighted by molar-refractivity contribution is -0.384. The van der Waals surface area contributed by atoms with Crippen LogP contribution in [-0.2, 0) is 4.79 Å². The number of benzene rings is 1. The molecule has 106 valence electrons. The van der Waals surface area contributed by atoms with Gasteiger partial charge in [0.15, 0.2) is 0 Å². The van der Waals surface area contributed by atoms with Crippen LogP contribution in [0, 0.1) is 22.0 Å². The topological polar surface area (TPSA) is 101 Å². The van der Waals surface area contributed by atoms with Gasteiger partial charge in [-0.05, 0) is 12.1 Å². The highest BCUT2D eigenvalue weighted by molar-refractivity contribution is 5.95. The van der Waals surface area contributed by atoms with E-state index in [1.54, 1.807) is 11.8 Å². The van der Waals surface area contributed by atoms with E-state index in [2.05, 4.69) is 0 Å².